The highest BCUT2D eigenvalue weighted by molar-refractivity contribution is 6.00. The third kappa shape index (κ3) is 4.02. The fraction of sp³-hybridized carbons (Fsp3) is 0.438. The summed E-state index contributed by atoms with van der Waals surface area (Å²) < 4.78 is 6.49. The van der Waals surface area contributed by atoms with Crippen LogP contribution in [-0.2, 0) is 0 Å². The molecule has 0 aliphatic carbocycles. The molecular formula is C32H35N5O2. The summed E-state index contributed by atoms with van der Waals surface area (Å²) in [6.45, 7) is 4.93. The van der Waals surface area contributed by atoms with E-state index in [0.29, 0.717) is 24.7 Å². The number of ether oxygens (including phenoxy) is 1. The van der Waals surface area contributed by atoms with Gasteiger partial charge >= 0.3 is 6.01 Å². The van der Waals surface area contributed by atoms with Crippen molar-refractivity contribution < 1.29 is 9.84 Å². The number of phenols is 1. The molecule has 200 valence electrons. The number of fused-ring (bicyclic) bond motifs is 5. The van der Waals surface area contributed by atoms with Crippen molar-refractivity contribution in [3.8, 4) is 22.9 Å². The van der Waals surface area contributed by atoms with Gasteiger partial charge in [-0.15, -0.1) is 0 Å². The van der Waals surface area contributed by atoms with Crippen LogP contribution in [0.5, 0.6) is 11.8 Å². The second-order valence-corrected chi connectivity index (χ2v) is 12.0. The van der Waals surface area contributed by atoms with Crippen LogP contribution in [0.1, 0.15) is 38.5 Å². The highest BCUT2D eigenvalue weighted by atomic mass is 16.5. The number of piperazine rings is 1. The first-order valence-electron chi connectivity index (χ1n) is 14.6. The van der Waals surface area contributed by atoms with Gasteiger partial charge in [0.2, 0.25) is 0 Å². The van der Waals surface area contributed by atoms with Crippen molar-refractivity contribution >= 4 is 27.5 Å². The minimum atomic E-state index is 0.148. The fourth-order valence-electron chi connectivity index (χ4n) is 7.73. The van der Waals surface area contributed by atoms with Crippen molar-refractivity contribution in [2.45, 2.75) is 56.1 Å². The standard InChI is InChI=1S/C32H35N5O2/c38-25-15-21-5-1-2-6-26(21)28(17-25)22-7-10-27-29(16-22)34-31(39-20-32-11-3-13-37(32)14-4-12-32)35-30(27)36-18-23-8-9-24(19-36)33-23/h1-2,5-7,10,15-17,23-24,33,38H,3-4,8-9,11-14,18-20H2/t23-,24+. The van der Waals surface area contributed by atoms with Gasteiger partial charge in [0.05, 0.1) is 11.1 Å². The molecule has 4 aliphatic rings. The molecular weight excluding hydrogens is 486 g/mol. The van der Waals surface area contributed by atoms with Crippen LogP contribution in [0.15, 0.2) is 54.6 Å². The van der Waals surface area contributed by atoms with Crippen molar-refractivity contribution in [1.29, 1.82) is 0 Å². The molecule has 3 aromatic carbocycles. The van der Waals surface area contributed by atoms with Crippen LogP contribution in [0.2, 0.25) is 0 Å². The molecule has 2 atom stereocenters. The van der Waals surface area contributed by atoms with Crippen molar-refractivity contribution in [2.75, 3.05) is 37.7 Å². The number of benzene rings is 3. The molecule has 0 amide bonds. The summed E-state index contributed by atoms with van der Waals surface area (Å²) in [5.41, 5.74) is 3.07. The van der Waals surface area contributed by atoms with Crippen LogP contribution in [0, 0.1) is 0 Å². The molecule has 0 saturated carbocycles. The Balaban J connectivity index is 1.22. The van der Waals surface area contributed by atoms with E-state index in [1.807, 2.05) is 30.3 Å². The predicted octanol–water partition coefficient (Wildman–Crippen LogP) is 5.10. The second kappa shape index (κ2) is 9.07. The van der Waals surface area contributed by atoms with Gasteiger partial charge in [-0.05, 0) is 97.8 Å². The summed E-state index contributed by atoms with van der Waals surface area (Å²) in [5, 5.41) is 17.4. The highest BCUT2D eigenvalue weighted by Crippen LogP contribution is 2.40. The van der Waals surface area contributed by atoms with Crippen LogP contribution >= 0.6 is 0 Å². The topological polar surface area (TPSA) is 73.8 Å². The van der Waals surface area contributed by atoms with E-state index in [9.17, 15) is 5.11 Å². The van der Waals surface area contributed by atoms with Crippen LogP contribution < -0.4 is 15.0 Å². The van der Waals surface area contributed by atoms with E-state index in [-0.39, 0.29) is 11.3 Å². The lowest BCUT2D eigenvalue weighted by Gasteiger charge is -2.34. The average Bonchev–Trinajstić information content (AvgIpc) is 3.64. The molecule has 4 saturated heterocycles. The van der Waals surface area contributed by atoms with Gasteiger partial charge in [0.1, 0.15) is 18.2 Å². The fourth-order valence-corrected chi connectivity index (χ4v) is 7.73. The highest BCUT2D eigenvalue weighted by Gasteiger charge is 2.45. The molecule has 7 nitrogen and oxygen atoms in total. The average molecular weight is 522 g/mol. The Morgan fingerprint density at radius 2 is 1.72 bits per heavy atom. The lowest BCUT2D eigenvalue weighted by Crippen LogP contribution is -2.51. The SMILES string of the molecule is Oc1cc(-c2ccc3c(N4C[C@H]5CC[C@@H](C4)N5)nc(OCC45CCCN4CCC5)nc3c2)c2ccccc2c1. The zero-order valence-corrected chi connectivity index (χ0v) is 22.3. The smallest absolute Gasteiger partial charge is 0.319 e. The lowest BCUT2D eigenvalue weighted by atomic mass is 9.95. The third-order valence-electron chi connectivity index (χ3n) is 9.61. The van der Waals surface area contributed by atoms with Gasteiger partial charge in [0.15, 0.2) is 0 Å². The molecule has 0 radical (unpaired) electrons. The number of nitrogens with zero attached hydrogens (tertiary/aromatic N) is 4. The molecule has 5 heterocycles. The Morgan fingerprint density at radius 3 is 2.54 bits per heavy atom. The number of phenolic OH excluding ortho intramolecular Hbond substituents is 1. The minimum absolute atomic E-state index is 0.148. The van der Waals surface area contributed by atoms with Crippen LogP contribution in [-0.4, -0.2) is 70.4 Å². The first-order valence-corrected chi connectivity index (χ1v) is 14.6. The number of aromatic hydroxyl groups is 1. The summed E-state index contributed by atoms with van der Waals surface area (Å²) in [4.78, 5) is 15.1. The molecule has 7 heteroatoms. The second-order valence-electron chi connectivity index (χ2n) is 12.0. The van der Waals surface area contributed by atoms with Gasteiger partial charge in [-0.25, -0.2) is 0 Å². The summed E-state index contributed by atoms with van der Waals surface area (Å²) in [5.74, 6) is 1.25. The summed E-state index contributed by atoms with van der Waals surface area (Å²) in [6.07, 6.45) is 7.34. The van der Waals surface area contributed by atoms with E-state index < -0.39 is 0 Å². The Bertz CT molecular complexity index is 1550. The summed E-state index contributed by atoms with van der Waals surface area (Å²) >= 11 is 0. The zero-order valence-electron chi connectivity index (χ0n) is 22.3. The van der Waals surface area contributed by atoms with E-state index >= 15 is 0 Å². The predicted molar refractivity (Wildman–Crippen MR) is 155 cm³/mol. The zero-order chi connectivity index (χ0) is 26.0. The van der Waals surface area contributed by atoms with Gasteiger partial charge in [-0.1, -0.05) is 30.3 Å². The maximum absolute atomic E-state index is 10.5. The summed E-state index contributed by atoms with van der Waals surface area (Å²) in [7, 11) is 0. The number of rotatable bonds is 5. The van der Waals surface area contributed by atoms with Crippen molar-refractivity contribution in [3.63, 3.8) is 0 Å². The van der Waals surface area contributed by atoms with E-state index in [0.717, 1.165) is 51.7 Å². The lowest BCUT2D eigenvalue weighted by molar-refractivity contribution is 0.108. The van der Waals surface area contributed by atoms with Crippen LogP contribution in [0.4, 0.5) is 5.82 Å². The van der Waals surface area contributed by atoms with Crippen molar-refractivity contribution in [2.24, 2.45) is 0 Å². The normalized spacial score (nSPS) is 24.1. The van der Waals surface area contributed by atoms with Gasteiger partial charge in [-0.3, -0.25) is 4.90 Å². The molecule has 4 aromatic rings. The molecule has 39 heavy (non-hydrogen) atoms. The van der Waals surface area contributed by atoms with Gasteiger partial charge in [0.25, 0.3) is 0 Å². The molecule has 0 unspecified atom stereocenters. The quantitative estimate of drug-likeness (QED) is 0.378. The number of hydrogen-bond acceptors (Lipinski definition) is 7. The molecule has 4 aliphatic heterocycles. The number of aromatic nitrogens is 2. The summed E-state index contributed by atoms with van der Waals surface area (Å²) in [6, 6.07) is 19.8. The van der Waals surface area contributed by atoms with Crippen molar-refractivity contribution in [1.82, 2.24) is 20.2 Å². The molecule has 4 fully saturated rings. The van der Waals surface area contributed by atoms with Crippen LogP contribution in [0.3, 0.4) is 0 Å². The van der Waals surface area contributed by atoms with Crippen LogP contribution in [0.25, 0.3) is 32.8 Å². The Labute approximate surface area is 228 Å². The number of anilines is 1. The first kappa shape index (κ1) is 23.5. The van der Waals surface area contributed by atoms with E-state index in [4.69, 9.17) is 14.7 Å². The maximum Gasteiger partial charge on any atom is 0.319 e. The largest absolute Gasteiger partial charge is 0.508 e. The molecule has 2 bridgehead atoms. The molecule has 2 N–H and O–H groups in total. The van der Waals surface area contributed by atoms with E-state index in [1.165, 1.54) is 51.6 Å². The van der Waals surface area contributed by atoms with E-state index in [1.54, 1.807) is 0 Å². The van der Waals surface area contributed by atoms with Crippen molar-refractivity contribution in [3.05, 3.63) is 54.6 Å². The Hall–Kier alpha value is -3.42. The van der Waals surface area contributed by atoms with Gasteiger partial charge < -0.3 is 20.1 Å². The molecule has 8 rings (SSSR count). The maximum atomic E-state index is 10.5. The number of nitrogens with one attached hydrogen (secondary N) is 1. The number of hydrogen-bond donors (Lipinski definition) is 2. The Kier molecular flexibility index (Phi) is 5.46. The van der Waals surface area contributed by atoms with Gasteiger partial charge in [0, 0.05) is 30.6 Å². The monoisotopic (exact) mass is 521 g/mol. The minimum Gasteiger partial charge on any atom is -0.508 e. The Morgan fingerprint density at radius 1 is 0.923 bits per heavy atom. The molecule has 0 spiro atoms. The van der Waals surface area contributed by atoms with Gasteiger partial charge in [-0.2, -0.15) is 9.97 Å². The van der Waals surface area contributed by atoms with E-state index in [2.05, 4.69) is 39.4 Å². The third-order valence-corrected chi connectivity index (χ3v) is 9.61. The molecule has 1 aromatic heterocycles. The first-order chi connectivity index (χ1) is 19.1.